The normalized spacial score (nSPS) is 15.2. The molecule has 0 saturated heterocycles. The van der Waals surface area contributed by atoms with E-state index in [-0.39, 0.29) is 17.4 Å². The molecule has 3 rings (SSSR count). The second-order valence-electron chi connectivity index (χ2n) is 6.23. The first-order valence-corrected chi connectivity index (χ1v) is 8.39. The van der Waals surface area contributed by atoms with Crippen molar-refractivity contribution in [2.75, 3.05) is 5.32 Å². The minimum atomic E-state index is -0.548. The van der Waals surface area contributed by atoms with Gasteiger partial charge in [-0.15, -0.1) is 0 Å². The number of hydrogen-bond acceptors (Lipinski definition) is 3. The van der Waals surface area contributed by atoms with Gasteiger partial charge in [0.2, 0.25) is 0 Å². The molecule has 1 saturated carbocycles. The lowest BCUT2D eigenvalue weighted by Gasteiger charge is -2.21. The molecule has 1 aromatic carbocycles. The summed E-state index contributed by atoms with van der Waals surface area (Å²) in [5.74, 6) is 0. The Balaban J connectivity index is 1.81. The van der Waals surface area contributed by atoms with Gasteiger partial charge in [0.25, 0.3) is 5.56 Å². The summed E-state index contributed by atoms with van der Waals surface area (Å²) in [4.78, 5) is 24.9. The van der Waals surface area contributed by atoms with E-state index in [4.69, 9.17) is 4.74 Å². The predicted octanol–water partition coefficient (Wildman–Crippen LogP) is 3.37. The molecular formula is C18H23N3O3. The van der Waals surface area contributed by atoms with Gasteiger partial charge in [-0.2, -0.15) is 0 Å². The lowest BCUT2D eigenvalue weighted by molar-refractivity contribution is 0.0865. The molecule has 0 spiro atoms. The van der Waals surface area contributed by atoms with Gasteiger partial charge >= 0.3 is 6.09 Å². The molecule has 128 valence electrons. The summed E-state index contributed by atoms with van der Waals surface area (Å²) in [5, 5.41) is 2.64. The van der Waals surface area contributed by atoms with E-state index in [0.717, 1.165) is 31.4 Å². The molecule has 1 N–H and O–H groups in total. The number of benzene rings is 1. The van der Waals surface area contributed by atoms with Crippen LogP contribution in [0.25, 0.3) is 5.69 Å². The smallest absolute Gasteiger partial charge is 0.412 e. The van der Waals surface area contributed by atoms with Crippen molar-refractivity contribution in [3.05, 3.63) is 46.4 Å². The van der Waals surface area contributed by atoms with Crippen molar-refractivity contribution in [2.24, 2.45) is 7.05 Å². The van der Waals surface area contributed by atoms with Crippen LogP contribution in [0.1, 0.15) is 37.8 Å². The van der Waals surface area contributed by atoms with Crippen molar-refractivity contribution in [2.45, 2.75) is 45.1 Å². The van der Waals surface area contributed by atoms with Gasteiger partial charge in [0, 0.05) is 7.05 Å². The van der Waals surface area contributed by atoms with Crippen LogP contribution in [0.2, 0.25) is 0 Å². The van der Waals surface area contributed by atoms with Gasteiger partial charge in [-0.25, -0.2) is 9.48 Å². The van der Waals surface area contributed by atoms with Crippen molar-refractivity contribution in [1.82, 2.24) is 9.36 Å². The fourth-order valence-corrected chi connectivity index (χ4v) is 3.18. The first-order chi connectivity index (χ1) is 11.6. The van der Waals surface area contributed by atoms with E-state index >= 15 is 0 Å². The van der Waals surface area contributed by atoms with Gasteiger partial charge in [-0.1, -0.05) is 24.6 Å². The molecule has 6 nitrogen and oxygen atoms in total. The third kappa shape index (κ3) is 3.22. The van der Waals surface area contributed by atoms with E-state index in [1.165, 1.54) is 11.1 Å². The largest absolute Gasteiger partial charge is 0.446 e. The van der Waals surface area contributed by atoms with Crippen LogP contribution in [0.4, 0.5) is 10.5 Å². The fraction of sp³-hybridized carbons (Fsp3) is 0.444. The van der Waals surface area contributed by atoms with E-state index in [1.54, 1.807) is 18.7 Å². The van der Waals surface area contributed by atoms with Gasteiger partial charge in [-0.05, 0) is 44.7 Å². The van der Waals surface area contributed by atoms with Gasteiger partial charge in [-0.3, -0.25) is 14.8 Å². The van der Waals surface area contributed by atoms with E-state index in [9.17, 15) is 9.59 Å². The molecule has 1 aliphatic rings. The van der Waals surface area contributed by atoms with E-state index in [0.29, 0.717) is 5.69 Å². The minimum Gasteiger partial charge on any atom is -0.446 e. The van der Waals surface area contributed by atoms with Crippen LogP contribution in [0.3, 0.4) is 0 Å². The first kappa shape index (κ1) is 16.4. The summed E-state index contributed by atoms with van der Waals surface area (Å²) in [6.45, 7) is 1.80. The molecule has 6 heteroatoms. The zero-order valence-corrected chi connectivity index (χ0v) is 14.1. The molecule has 1 fully saturated rings. The molecular weight excluding hydrogens is 306 g/mol. The van der Waals surface area contributed by atoms with Crippen LogP contribution >= 0.6 is 0 Å². The molecule has 1 heterocycles. The number of nitrogens with one attached hydrogen (secondary N) is 1. The second-order valence-corrected chi connectivity index (χ2v) is 6.23. The molecule has 1 aromatic heterocycles. The van der Waals surface area contributed by atoms with Crippen molar-refractivity contribution in [3.8, 4) is 5.69 Å². The number of anilines is 1. The SMILES string of the molecule is Cc1c(NC(=O)OC2CCCCC2)c(=O)n(-c2ccccc2)n1C. The highest BCUT2D eigenvalue weighted by Gasteiger charge is 2.21. The first-order valence-electron chi connectivity index (χ1n) is 8.39. The number of aromatic nitrogens is 2. The van der Waals surface area contributed by atoms with Crippen LogP contribution in [0.5, 0.6) is 0 Å². The number of para-hydroxylation sites is 1. The highest BCUT2D eigenvalue weighted by atomic mass is 16.6. The summed E-state index contributed by atoms with van der Waals surface area (Å²) in [5.41, 5.74) is 1.44. The average Bonchev–Trinajstić information content (AvgIpc) is 2.80. The summed E-state index contributed by atoms with van der Waals surface area (Å²) in [7, 11) is 1.79. The Kier molecular flexibility index (Phi) is 4.74. The summed E-state index contributed by atoms with van der Waals surface area (Å²) < 4.78 is 8.72. The Bertz CT molecular complexity index is 771. The molecule has 1 amide bonds. The monoisotopic (exact) mass is 329 g/mol. The number of carbonyl (C=O) groups excluding carboxylic acids is 1. The van der Waals surface area contributed by atoms with Crippen molar-refractivity contribution in [3.63, 3.8) is 0 Å². The second kappa shape index (κ2) is 6.95. The number of rotatable bonds is 3. The maximum atomic E-state index is 12.7. The lowest BCUT2D eigenvalue weighted by Crippen LogP contribution is -2.27. The van der Waals surface area contributed by atoms with Crippen LogP contribution in [-0.2, 0) is 11.8 Å². The molecule has 24 heavy (non-hydrogen) atoms. The number of carbonyl (C=O) groups is 1. The number of ether oxygens (including phenoxy) is 1. The molecule has 1 aliphatic carbocycles. The van der Waals surface area contributed by atoms with Gasteiger partial charge in [0.15, 0.2) is 0 Å². The molecule has 0 aliphatic heterocycles. The van der Waals surface area contributed by atoms with Gasteiger partial charge < -0.3 is 4.74 Å². The van der Waals surface area contributed by atoms with Crippen molar-refractivity contribution < 1.29 is 9.53 Å². The van der Waals surface area contributed by atoms with E-state index in [2.05, 4.69) is 5.32 Å². The zero-order valence-electron chi connectivity index (χ0n) is 14.1. The summed E-state index contributed by atoms with van der Waals surface area (Å²) >= 11 is 0. The number of amides is 1. The van der Waals surface area contributed by atoms with Crippen LogP contribution in [0.15, 0.2) is 35.1 Å². The molecule has 0 atom stereocenters. The maximum Gasteiger partial charge on any atom is 0.412 e. The van der Waals surface area contributed by atoms with Crippen molar-refractivity contribution >= 4 is 11.8 Å². The van der Waals surface area contributed by atoms with Crippen LogP contribution in [-0.4, -0.2) is 21.6 Å². The van der Waals surface area contributed by atoms with Gasteiger partial charge in [0.05, 0.1) is 11.4 Å². The minimum absolute atomic E-state index is 0.0425. The Labute approximate surface area is 141 Å². The quantitative estimate of drug-likeness (QED) is 0.939. The fourth-order valence-electron chi connectivity index (χ4n) is 3.18. The third-order valence-electron chi connectivity index (χ3n) is 4.61. The van der Waals surface area contributed by atoms with Gasteiger partial charge in [0.1, 0.15) is 11.8 Å². The molecule has 0 unspecified atom stereocenters. The predicted molar refractivity (Wildman–Crippen MR) is 92.7 cm³/mol. The molecule has 0 bridgehead atoms. The lowest BCUT2D eigenvalue weighted by atomic mass is 9.98. The molecule has 0 radical (unpaired) electrons. The number of hydrogen-bond donors (Lipinski definition) is 1. The molecule has 2 aromatic rings. The van der Waals surface area contributed by atoms with Crippen molar-refractivity contribution in [1.29, 1.82) is 0 Å². The summed E-state index contributed by atoms with van der Waals surface area (Å²) in [6.07, 6.45) is 4.57. The van der Waals surface area contributed by atoms with E-state index < -0.39 is 6.09 Å². The average molecular weight is 329 g/mol. The number of nitrogens with zero attached hydrogens (tertiary/aromatic N) is 2. The Morgan fingerprint density at radius 1 is 1.17 bits per heavy atom. The van der Waals surface area contributed by atoms with Crippen LogP contribution < -0.4 is 10.9 Å². The Morgan fingerprint density at radius 2 is 1.83 bits per heavy atom. The highest BCUT2D eigenvalue weighted by Crippen LogP contribution is 2.21. The van der Waals surface area contributed by atoms with Crippen LogP contribution in [0, 0.1) is 6.92 Å². The zero-order chi connectivity index (χ0) is 17.1. The Morgan fingerprint density at radius 3 is 2.50 bits per heavy atom. The highest BCUT2D eigenvalue weighted by molar-refractivity contribution is 5.85. The summed E-state index contributed by atoms with van der Waals surface area (Å²) in [6, 6.07) is 9.34. The standard InChI is InChI=1S/C18H23N3O3/c1-13-16(19-18(23)24-15-11-7-4-8-12-15)17(22)21(20(13)2)14-9-5-3-6-10-14/h3,5-6,9-10,15H,4,7-8,11-12H2,1-2H3,(H,19,23). The Hall–Kier alpha value is -2.50. The third-order valence-corrected chi connectivity index (χ3v) is 4.61. The maximum absolute atomic E-state index is 12.7. The van der Waals surface area contributed by atoms with E-state index in [1.807, 2.05) is 30.3 Å². The topological polar surface area (TPSA) is 65.3 Å².